The summed E-state index contributed by atoms with van der Waals surface area (Å²) in [6.45, 7) is 0.451. The molecule has 0 spiro atoms. The zero-order valence-corrected chi connectivity index (χ0v) is 13.8. The largest absolute Gasteiger partial charge is 0.491 e. The lowest BCUT2D eigenvalue weighted by Crippen LogP contribution is -2.31. The van der Waals surface area contributed by atoms with E-state index in [0.717, 1.165) is 16.9 Å². The maximum absolute atomic E-state index is 11.7. The molecule has 2 aromatic carbocycles. The number of nitrogens with one attached hydrogen (secondary N) is 1. The molecule has 1 heterocycles. The van der Waals surface area contributed by atoms with Gasteiger partial charge in [-0.15, -0.1) is 0 Å². The molecule has 1 amide bonds. The van der Waals surface area contributed by atoms with Crippen LogP contribution in [0.25, 0.3) is 11.1 Å². The number of hydrogen-bond acceptors (Lipinski definition) is 4. The van der Waals surface area contributed by atoms with Gasteiger partial charge < -0.3 is 15.2 Å². The summed E-state index contributed by atoms with van der Waals surface area (Å²) in [6.07, 6.45) is 1.20. The van der Waals surface area contributed by atoms with Crippen LogP contribution < -0.4 is 10.1 Å². The minimum Gasteiger partial charge on any atom is -0.491 e. The lowest BCUT2D eigenvalue weighted by Gasteiger charge is -2.12. The average molecular weight is 336 g/mol. The quantitative estimate of drug-likeness (QED) is 0.849. The van der Waals surface area contributed by atoms with E-state index in [2.05, 4.69) is 11.4 Å². The highest BCUT2D eigenvalue weighted by molar-refractivity contribution is 5.81. The van der Waals surface area contributed by atoms with Gasteiger partial charge in [-0.2, -0.15) is 5.26 Å². The SMILES string of the molecule is N#Cc1ccc(-c2ccc(OC[C@@H]3C[C@@H](CCO)C(=O)N3)cc2)cc1. The highest BCUT2D eigenvalue weighted by Crippen LogP contribution is 2.24. The van der Waals surface area contributed by atoms with E-state index >= 15 is 0 Å². The first-order chi connectivity index (χ1) is 12.2. The number of nitrogens with zero attached hydrogens (tertiary/aromatic N) is 1. The van der Waals surface area contributed by atoms with Gasteiger partial charge in [0, 0.05) is 12.5 Å². The van der Waals surface area contributed by atoms with Gasteiger partial charge in [0.25, 0.3) is 0 Å². The Morgan fingerprint density at radius 2 is 1.76 bits per heavy atom. The van der Waals surface area contributed by atoms with E-state index in [1.807, 2.05) is 36.4 Å². The van der Waals surface area contributed by atoms with Gasteiger partial charge in [-0.3, -0.25) is 4.79 Å². The zero-order valence-electron chi connectivity index (χ0n) is 13.8. The predicted octanol–water partition coefficient (Wildman–Crippen LogP) is 2.49. The van der Waals surface area contributed by atoms with E-state index < -0.39 is 0 Å². The molecule has 0 radical (unpaired) electrons. The lowest BCUT2D eigenvalue weighted by molar-refractivity contribution is -0.123. The molecule has 0 unspecified atom stereocenters. The minimum absolute atomic E-state index is 0.00110. The zero-order chi connectivity index (χ0) is 17.6. The second-order valence-corrected chi connectivity index (χ2v) is 6.17. The van der Waals surface area contributed by atoms with Crippen molar-refractivity contribution < 1.29 is 14.6 Å². The Labute approximate surface area is 146 Å². The van der Waals surface area contributed by atoms with Crippen LogP contribution in [-0.2, 0) is 4.79 Å². The summed E-state index contributed by atoms with van der Waals surface area (Å²) in [5.41, 5.74) is 2.73. The van der Waals surface area contributed by atoms with Crippen LogP contribution in [-0.4, -0.2) is 30.3 Å². The van der Waals surface area contributed by atoms with Crippen molar-refractivity contribution in [2.75, 3.05) is 13.2 Å². The maximum Gasteiger partial charge on any atom is 0.223 e. The Hall–Kier alpha value is -2.84. The molecule has 5 heteroatoms. The first kappa shape index (κ1) is 17.0. The molecule has 5 nitrogen and oxygen atoms in total. The average Bonchev–Trinajstić information content (AvgIpc) is 3.00. The Morgan fingerprint density at radius 1 is 1.12 bits per heavy atom. The van der Waals surface area contributed by atoms with Crippen LogP contribution in [0.2, 0.25) is 0 Å². The molecular weight excluding hydrogens is 316 g/mol. The van der Waals surface area contributed by atoms with Crippen LogP contribution in [0, 0.1) is 17.2 Å². The van der Waals surface area contributed by atoms with Crippen LogP contribution in [0.4, 0.5) is 0 Å². The summed E-state index contributed by atoms with van der Waals surface area (Å²) in [7, 11) is 0. The molecule has 1 aliphatic rings. The number of carbonyl (C=O) groups is 1. The second-order valence-electron chi connectivity index (χ2n) is 6.17. The third-order valence-electron chi connectivity index (χ3n) is 4.42. The molecular formula is C20H20N2O3. The summed E-state index contributed by atoms with van der Waals surface area (Å²) < 4.78 is 5.77. The standard InChI is InChI=1S/C20H20N2O3/c21-12-14-1-3-15(4-2-14)16-5-7-19(8-6-16)25-13-18-11-17(9-10-23)20(24)22-18/h1-8,17-18,23H,9-11,13H2,(H,22,24)/t17-,18+/m1/s1. The molecule has 1 saturated heterocycles. The molecule has 25 heavy (non-hydrogen) atoms. The van der Waals surface area contributed by atoms with Gasteiger partial charge in [0.15, 0.2) is 0 Å². The van der Waals surface area contributed by atoms with Crippen LogP contribution in [0.3, 0.4) is 0 Å². The Bertz CT molecular complexity index is 763. The van der Waals surface area contributed by atoms with Crippen molar-refractivity contribution in [3.8, 4) is 22.9 Å². The number of ether oxygens (including phenoxy) is 1. The third kappa shape index (κ3) is 4.17. The van der Waals surface area contributed by atoms with E-state index in [0.29, 0.717) is 25.0 Å². The number of rotatable bonds is 6. The van der Waals surface area contributed by atoms with Crippen LogP contribution in [0.5, 0.6) is 5.75 Å². The molecule has 2 atom stereocenters. The smallest absolute Gasteiger partial charge is 0.223 e. The van der Waals surface area contributed by atoms with Crippen LogP contribution in [0.1, 0.15) is 18.4 Å². The molecule has 2 N–H and O–H groups in total. The van der Waals surface area contributed by atoms with Crippen molar-refractivity contribution >= 4 is 5.91 Å². The van der Waals surface area contributed by atoms with Crippen molar-refractivity contribution in [1.82, 2.24) is 5.32 Å². The number of aliphatic hydroxyl groups is 1. The van der Waals surface area contributed by atoms with E-state index in [4.69, 9.17) is 15.1 Å². The third-order valence-corrected chi connectivity index (χ3v) is 4.42. The van der Waals surface area contributed by atoms with Crippen molar-refractivity contribution in [1.29, 1.82) is 5.26 Å². The Kier molecular flexibility index (Phi) is 5.32. The fraction of sp³-hybridized carbons (Fsp3) is 0.300. The summed E-state index contributed by atoms with van der Waals surface area (Å²) >= 11 is 0. The number of nitriles is 1. The maximum atomic E-state index is 11.7. The Balaban J connectivity index is 1.56. The molecule has 1 fully saturated rings. The van der Waals surface area contributed by atoms with Gasteiger partial charge in [-0.1, -0.05) is 24.3 Å². The fourth-order valence-electron chi connectivity index (χ4n) is 3.02. The summed E-state index contributed by atoms with van der Waals surface area (Å²) in [5, 5.41) is 20.7. The van der Waals surface area contributed by atoms with Crippen molar-refractivity contribution in [3.63, 3.8) is 0 Å². The molecule has 3 rings (SSSR count). The highest BCUT2D eigenvalue weighted by atomic mass is 16.5. The second kappa shape index (κ2) is 7.82. The normalized spacial score (nSPS) is 19.3. The van der Waals surface area contributed by atoms with E-state index in [1.54, 1.807) is 12.1 Å². The Morgan fingerprint density at radius 3 is 2.36 bits per heavy atom. The van der Waals surface area contributed by atoms with Crippen LogP contribution in [0.15, 0.2) is 48.5 Å². The van der Waals surface area contributed by atoms with Crippen molar-refractivity contribution in [2.45, 2.75) is 18.9 Å². The topological polar surface area (TPSA) is 82.3 Å². The molecule has 0 saturated carbocycles. The lowest BCUT2D eigenvalue weighted by atomic mass is 10.0. The molecule has 1 aliphatic heterocycles. The summed E-state index contributed by atoms with van der Waals surface area (Å²) in [5.74, 6) is 0.633. The molecule has 0 aliphatic carbocycles. The van der Waals surface area contributed by atoms with Crippen molar-refractivity contribution in [2.24, 2.45) is 5.92 Å². The number of hydrogen-bond donors (Lipinski definition) is 2. The number of carbonyl (C=O) groups excluding carboxylic acids is 1. The number of amides is 1. The summed E-state index contributed by atoms with van der Waals surface area (Å²) in [4.78, 5) is 11.7. The molecule has 0 aromatic heterocycles. The summed E-state index contributed by atoms with van der Waals surface area (Å²) in [6, 6.07) is 17.3. The van der Waals surface area contributed by atoms with Crippen LogP contribution >= 0.6 is 0 Å². The highest BCUT2D eigenvalue weighted by Gasteiger charge is 2.31. The van der Waals surface area contributed by atoms with Gasteiger partial charge in [-0.25, -0.2) is 0 Å². The van der Waals surface area contributed by atoms with Gasteiger partial charge >= 0.3 is 0 Å². The molecule has 2 aromatic rings. The van der Waals surface area contributed by atoms with Crippen molar-refractivity contribution in [3.05, 3.63) is 54.1 Å². The monoisotopic (exact) mass is 336 g/mol. The number of benzene rings is 2. The van der Waals surface area contributed by atoms with E-state index in [-0.39, 0.29) is 24.5 Å². The van der Waals surface area contributed by atoms with Gasteiger partial charge in [-0.05, 0) is 48.2 Å². The molecule has 128 valence electrons. The van der Waals surface area contributed by atoms with E-state index in [9.17, 15) is 4.79 Å². The fourth-order valence-corrected chi connectivity index (χ4v) is 3.02. The van der Waals surface area contributed by atoms with Gasteiger partial charge in [0.05, 0.1) is 17.7 Å². The predicted molar refractivity (Wildman–Crippen MR) is 93.8 cm³/mol. The van der Waals surface area contributed by atoms with Gasteiger partial charge in [0.1, 0.15) is 12.4 Å². The minimum atomic E-state index is -0.114. The van der Waals surface area contributed by atoms with E-state index in [1.165, 1.54) is 0 Å². The first-order valence-electron chi connectivity index (χ1n) is 8.34. The first-order valence-corrected chi connectivity index (χ1v) is 8.34. The molecule has 0 bridgehead atoms. The number of aliphatic hydroxyl groups excluding tert-OH is 1. The van der Waals surface area contributed by atoms with Gasteiger partial charge in [0.2, 0.25) is 5.91 Å².